The second-order valence-corrected chi connectivity index (χ2v) is 7.23. The zero-order valence-corrected chi connectivity index (χ0v) is 13.9. The molecule has 21 heavy (non-hydrogen) atoms. The van der Waals surface area contributed by atoms with Gasteiger partial charge in [0.2, 0.25) is 5.91 Å². The average molecular weight is 288 g/mol. The predicted molar refractivity (Wildman–Crippen MR) is 89.7 cm³/mol. The van der Waals surface area contributed by atoms with Gasteiger partial charge in [-0.3, -0.25) is 4.79 Å². The van der Waals surface area contributed by atoms with Gasteiger partial charge in [0.15, 0.2) is 0 Å². The molecule has 1 aliphatic carbocycles. The van der Waals surface area contributed by atoms with E-state index in [2.05, 4.69) is 50.5 Å². The molecule has 0 saturated heterocycles. The highest BCUT2D eigenvalue weighted by atomic mass is 16.1. The summed E-state index contributed by atoms with van der Waals surface area (Å²) in [6.07, 6.45) is 2.96. The number of hydrogen-bond acceptors (Lipinski definition) is 2. The van der Waals surface area contributed by atoms with Crippen LogP contribution in [0.25, 0.3) is 0 Å². The van der Waals surface area contributed by atoms with Gasteiger partial charge in [-0.2, -0.15) is 0 Å². The molecule has 0 bridgehead atoms. The summed E-state index contributed by atoms with van der Waals surface area (Å²) in [6, 6.07) is 6.60. The van der Waals surface area contributed by atoms with Crippen LogP contribution in [0.2, 0.25) is 0 Å². The van der Waals surface area contributed by atoms with Crippen molar-refractivity contribution < 1.29 is 4.79 Å². The summed E-state index contributed by atoms with van der Waals surface area (Å²) in [7, 11) is 0. The summed E-state index contributed by atoms with van der Waals surface area (Å²) in [5, 5.41) is 6.63. The van der Waals surface area contributed by atoms with E-state index in [0.717, 1.165) is 11.4 Å². The van der Waals surface area contributed by atoms with E-state index >= 15 is 0 Å². The summed E-state index contributed by atoms with van der Waals surface area (Å²) in [5.74, 6) is 0.730. The molecular formula is C18H28N2O. The number of nitrogens with one attached hydrogen (secondary N) is 2. The summed E-state index contributed by atoms with van der Waals surface area (Å²) in [4.78, 5) is 11.5. The first-order valence-electron chi connectivity index (χ1n) is 7.98. The summed E-state index contributed by atoms with van der Waals surface area (Å²) < 4.78 is 0. The lowest BCUT2D eigenvalue weighted by atomic mass is 9.91. The van der Waals surface area contributed by atoms with Crippen molar-refractivity contribution in [2.75, 3.05) is 10.6 Å². The van der Waals surface area contributed by atoms with Gasteiger partial charge in [-0.1, -0.05) is 33.8 Å². The molecule has 0 heterocycles. The minimum absolute atomic E-state index is 0.0557. The molecule has 1 fully saturated rings. The topological polar surface area (TPSA) is 41.1 Å². The maximum atomic E-state index is 11.5. The Morgan fingerprint density at radius 1 is 1.33 bits per heavy atom. The molecule has 2 unspecified atom stereocenters. The Kier molecular flexibility index (Phi) is 4.60. The van der Waals surface area contributed by atoms with Gasteiger partial charge in [0.05, 0.1) is 0 Å². The molecule has 0 spiro atoms. The first-order chi connectivity index (χ1) is 9.80. The number of rotatable bonds is 4. The minimum atomic E-state index is 0.0557. The van der Waals surface area contributed by atoms with Gasteiger partial charge in [0.25, 0.3) is 0 Å². The van der Waals surface area contributed by atoms with E-state index in [-0.39, 0.29) is 5.91 Å². The Hall–Kier alpha value is -1.51. The van der Waals surface area contributed by atoms with Crippen molar-refractivity contribution in [1.29, 1.82) is 0 Å². The number of carbonyl (C=O) groups is 1. The number of benzene rings is 1. The third kappa shape index (κ3) is 3.99. The Morgan fingerprint density at radius 2 is 2.05 bits per heavy atom. The van der Waals surface area contributed by atoms with Crippen LogP contribution in [0.3, 0.4) is 0 Å². The van der Waals surface area contributed by atoms with Gasteiger partial charge >= 0.3 is 0 Å². The third-order valence-corrected chi connectivity index (χ3v) is 4.52. The standard InChI is InChI=1S/C18H28N2O/c1-6-17(21)19-14-8-7-12(2)15(9-14)20-16-11-18(4,5)10-13(16)3/h7-9,13,16,20H,6,10-11H2,1-5H3,(H,19,21). The maximum absolute atomic E-state index is 11.5. The highest BCUT2D eigenvalue weighted by Gasteiger charge is 2.36. The fraction of sp³-hybridized carbons (Fsp3) is 0.611. The molecule has 116 valence electrons. The average Bonchev–Trinajstić information content (AvgIpc) is 2.66. The van der Waals surface area contributed by atoms with E-state index in [0.29, 0.717) is 23.8 Å². The highest BCUT2D eigenvalue weighted by Crippen LogP contribution is 2.42. The van der Waals surface area contributed by atoms with Crippen LogP contribution in [0.15, 0.2) is 18.2 Å². The molecule has 0 aliphatic heterocycles. The second-order valence-electron chi connectivity index (χ2n) is 7.23. The summed E-state index contributed by atoms with van der Waals surface area (Å²) >= 11 is 0. The van der Waals surface area contributed by atoms with Crippen molar-refractivity contribution >= 4 is 17.3 Å². The van der Waals surface area contributed by atoms with Crippen molar-refractivity contribution in [3.63, 3.8) is 0 Å². The largest absolute Gasteiger partial charge is 0.382 e. The van der Waals surface area contributed by atoms with E-state index in [4.69, 9.17) is 0 Å². The van der Waals surface area contributed by atoms with Crippen LogP contribution in [-0.4, -0.2) is 11.9 Å². The molecule has 2 atom stereocenters. The van der Waals surface area contributed by atoms with Crippen molar-refractivity contribution in [1.82, 2.24) is 0 Å². The van der Waals surface area contributed by atoms with Crippen LogP contribution in [0.1, 0.15) is 52.5 Å². The van der Waals surface area contributed by atoms with Gasteiger partial charge in [-0.15, -0.1) is 0 Å². The maximum Gasteiger partial charge on any atom is 0.224 e. The van der Waals surface area contributed by atoms with Crippen LogP contribution in [0.4, 0.5) is 11.4 Å². The lowest BCUT2D eigenvalue weighted by Gasteiger charge is -2.21. The van der Waals surface area contributed by atoms with E-state index in [1.807, 2.05) is 13.0 Å². The number of aryl methyl sites for hydroxylation is 1. The van der Waals surface area contributed by atoms with Crippen LogP contribution in [-0.2, 0) is 4.79 Å². The van der Waals surface area contributed by atoms with Crippen LogP contribution >= 0.6 is 0 Å². The molecule has 0 aromatic heterocycles. The van der Waals surface area contributed by atoms with Crippen molar-refractivity contribution in [3.8, 4) is 0 Å². The third-order valence-electron chi connectivity index (χ3n) is 4.52. The zero-order chi connectivity index (χ0) is 15.6. The zero-order valence-electron chi connectivity index (χ0n) is 13.9. The van der Waals surface area contributed by atoms with Crippen molar-refractivity contribution in [3.05, 3.63) is 23.8 Å². The predicted octanol–water partition coefficient (Wildman–Crippen LogP) is 4.58. The van der Waals surface area contributed by atoms with Crippen LogP contribution in [0.5, 0.6) is 0 Å². The van der Waals surface area contributed by atoms with Gasteiger partial charge in [0, 0.05) is 23.8 Å². The number of amides is 1. The fourth-order valence-electron chi connectivity index (χ4n) is 3.39. The molecule has 1 aliphatic rings. The van der Waals surface area contributed by atoms with Crippen molar-refractivity contribution in [2.24, 2.45) is 11.3 Å². The SMILES string of the molecule is CCC(=O)Nc1ccc(C)c(NC2CC(C)(C)CC2C)c1. The van der Waals surface area contributed by atoms with E-state index in [9.17, 15) is 4.79 Å². The lowest BCUT2D eigenvalue weighted by molar-refractivity contribution is -0.115. The van der Waals surface area contributed by atoms with Gasteiger partial charge < -0.3 is 10.6 Å². The lowest BCUT2D eigenvalue weighted by Crippen LogP contribution is -2.23. The summed E-state index contributed by atoms with van der Waals surface area (Å²) in [5.41, 5.74) is 3.65. The van der Waals surface area contributed by atoms with Crippen LogP contribution < -0.4 is 10.6 Å². The highest BCUT2D eigenvalue weighted by molar-refractivity contribution is 5.91. The molecule has 1 saturated carbocycles. The second kappa shape index (κ2) is 6.08. The smallest absolute Gasteiger partial charge is 0.224 e. The van der Waals surface area contributed by atoms with Gasteiger partial charge in [0.1, 0.15) is 0 Å². The molecule has 0 radical (unpaired) electrons. The van der Waals surface area contributed by atoms with Crippen molar-refractivity contribution in [2.45, 2.75) is 59.9 Å². The first-order valence-corrected chi connectivity index (χ1v) is 7.98. The molecule has 2 N–H and O–H groups in total. The Labute approximate surface area is 128 Å². The molecule has 1 aromatic rings. The first kappa shape index (κ1) is 15.9. The van der Waals surface area contributed by atoms with Gasteiger partial charge in [-0.25, -0.2) is 0 Å². The summed E-state index contributed by atoms with van der Waals surface area (Å²) in [6.45, 7) is 11.0. The van der Waals surface area contributed by atoms with Gasteiger partial charge in [-0.05, 0) is 48.8 Å². The minimum Gasteiger partial charge on any atom is -0.382 e. The molecule has 3 heteroatoms. The molecule has 1 amide bonds. The molecule has 3 nitrogen and oxygen atoms in total. The Balaban J connectivity index is 2.12. The number of carbonyl (C=O) groups excluding carboxylic acids is 1. The normalized spacial score (nSPS) is 23.9. The number of hydrogen-bond donors (Lipinski definition) is 2. The Bertz CT molecular complexity index is 522. The molecule has 2 rings (SSSR count). The van der Waals surface area contributed by atoms with E-state index in [1.165, 1.54) is 18.4 Å². The molecular weight excluding hydrogens is 260 g/mol. The van der Waals surface area contributed by atoms with E-state index < -0.39 is 0 Å². The van der Waals surface area contributed by atoms with E-state index in [1.54, 1.807) is 0 Å². The Morgan fingerprint density at radius 3 is 2.62 bits per heavy atom. The molecule has 1 aromatic carbocycles. The van der Waals surface area contributed by atoms with Crippen LogP contribution in [0, 0.1) is 18.3 Å². The quantitative estimate of drug-likeness (QED) is 0.851. The monoisotopic (exact) mass is 288 g/mol. The fourth-order valence-corrected chi connectivity index (χ4v) is 3.39. The number of anilines is 2.